The fraction of sp³-hybridized carbons (Fsp3) is 0.857. The quantitative estimate of drug-likeness (QED) is 0.0520. The van der Waals surface area contributed by atoms with Crippen LogP contribution in [0.4, 0.5) is 0 Å². The van der Waals surface area contributed by atoms with Gasteiger partial charge in [0.15, 0.2) is 0 Å². The third-order valence-electron chi connectivity index (χ3n) is 5.59. The first-order chi connectivity index (χ1) is 18.6. The molecule has 0 aromatic carbocycles. The van der Waals surface area contributed by atoms with Gasteiger partial charge >= 0.3 is 89.8 Å². The summed E-state index contributed by atoms with van der Waals surface area (Å²) in [6.45, 7) is 11.9. The second-order valence-electron chi connectivity index (χ2n) is 9.13. The molecular formula is C28H52O8S2Sn. The number of hydrogen-bond acceptors (Lipinski definition) is 10. The van der Waals surface area contributed by atoms with Crippen LogP contribution < -0.4 is 0 Å². The number of hydrogen-bond donors (Lipinski definition) is 0. The summed E-state index contributed by atoms with van der Waals surface area (Å²) >= 11 is 0.541. The van der Waals surface area contributed by atoms with Gasteiger partial charge in [-0.25, -0.2) is 0 Å². The molecular weight excluding hydrogens is 647 g/mol. The van der Waals surface area contributed by atoms with Crippen LogP contribution in [-0.4, -0.2) is 78.5 Å². The van der Waals surface area contributed by atoms with E-state index in [0.717, 1.165) is 73.1 Å². The summed E-state index contributed by atoms with van der Waals surface area (Å²) in [4.78, 5) is 43.8. The first kappa shape index (κ1) is 43.2. The number of ketones is 2. The summed E-state index contributed by atoms with van der Waals surface area (Å²) in [7, 11) is 0. The Hall–Kier alpha value is -0.301. The van der Waals surface area contributed by atoms with Crippen molar-refractivity contribution in [1.82, 2.24) is 0 Å². The Kier molecular flexibility index (Phi) is 37.5. The zero-order valence-electron chi connectivity index (χ0n) is 25.1. The van der Waals surface area contributed by atoms with E-state index in [1.807, 2.05) is 13.8 Å². The van der Waals surface area contributed by atoms with Crippen molar-refractivity contribution in [3.05, 3.63) is 0 Å². The van der Waals surface area contributed by atoms with Gasteiger partial charge in [0.2, 0.25) is 0 Å². The Morgan fingerprint density at radius 1 is 0.692 bits per heavy atom. The first-order valence-corrected chi connectivity index (χ1v) is 20.0. The van der Waals surface area contributed by atoms with Crippen LogP contribution in [-0.2, 0) is 28.7 Å². The van der Waals surface area contributed by atoms with E-state index < -0.39 is 0 Å². The van der Waals surface area contributed by atoms with E-state index in [1.165, 1.54) is 0 Å². The van der Waals surface area contributed by atoms with Crippen LogP contribution in [0, 0.1) is 11.8 Å². The largest absolute Gasteiger partial charge is 0.799 e. The maximum Gasteiger partial charge on any atom is 0.308 e. The molecule has 0 radical (unpaired) electrons. The summed E-state index contributed by atoms with van der Waals surface area (Å²) in [5, 5.41) is 0. The second-order valence-corrected chi connectivity index (χ2v) is 14.7. The third kappa shape index (κ3) is 33.8. The van der Waals surface area contributed by atoms with E-state index in [4.69, 9.17) is 9.47 Å². The fourth-order valence-electron chi connectivity index (χ4n) is 3.12. The molecule has 0 fully saturated rings. The van der Waals surface area contributed by atoms with Crippen molar-refractivity contribution in [2.45, 2.75) is 115 Å². The molecule has 2 atom stereocenters. The Bertz CT molecular complexity index is 558. The van der Waals surface area contributed by atoms with Crippen molar-refractivity contribution in [1.29, 1.82) is 0 Å². The van der Waals surface area contributed by atoms with E-state index in [1.54, 1.807) is 13.8 Å². The molecule has 228 valence electrons. The van der Waals surface area contributed by atoms with Crippen LogP contribution >= 0.6 is 24.1 Å². The molecule has 0 aromatic heterocycles. The number of unbranched alkanes of at least 4 members (excludes halogenated alkanes) is 2. The Morgan fingerprint density at radius 2 is 1.05 bits per heavy atom. The molecule has 0 saturated heterocycles. The van der Waals surface area contributed by atoms with Crippen molar-refractivity contribution in [3.8, 4) is 0 Å². The van der Waals surface area contributed by atoms with Gasteiger partial charge in [-0.1, -0.05) is 53.4 Å². The summed E-state index contributed by atoms with van der Waals surface area (Å²) in [5.74, 6) is 1.01. The zero-order chi connectivity index (χ0) is 30.3. The van der Waals surface area contributed by atoms with Crippen LogP contribution in [0.25, 0.3) is 0 Å². The summed E-state index contributed by atoms with van der Waals surface area (Å²) in [5.41, 5.74) is 0. The van der Waals surface area contributed by atoms with Gasteiger partial charge in [-0.05, 0) is 25.7 Å². The average molecular weight is 700 g/mol. The van der Waals surface area contributed by atoms with E-state index >= 15 is 0 Å². The smallest absolute Gasteiger partial charge is 0.308 e. The van der Waals surface area contributed by atoms with E-state index in [-0.39, 0.29) is 69.7 Å². The zero-order valence-corrected chi connectivity index (χ0v) is 29.5. The van der Waals surface area contributed by atoms with Crippen LogP contribution in [0.2, 0.25) is 8.87 Å². The second kappa shape index (κ2) is 33.9. The molecule has 8 nitrogen and oxygen atoms in total. The predicted molar refractivity (Wildman–Crippen MR) is 161 cm³/mol. The SMILES string of the molecule is CC(=O)C[CH2][Sn+2][CH2]CC(C)=O.CCCCC(CC)C(=O)OCCS[O-].CCCCC(CC)C(=O)OCCS[O-]. The van der Waals surface area contributed by atoms with E-state index in [0.29, 0.717) is 35.6 Å². The predicted octanol–water partition coefficient (Wildman–Crippen LogP) is 6.70. The molecule has 0 aromatic rings. The molecule has 0 spiro atoms. The maximum absolute atomic E-state index is 11.4. The monoisotopic (exact) mass is 700 g/mol. The molecule has 0 bridgehead atoms. The van der Waals surface area contributed by atoms with Crippen molar-refractivity contribution in [3.63, 3.8) is 0 Å². The van der Waals surface area contributed by atoms with Gasteiger partial charge < -0.3 is 18.6 Å². The minimum absolute atomic E-state index is 0.0200. The summed E-state index contributed by atoms with van der Waals surface area (Å²) < 4.78 is 32.2. The molecule has 0 heterocycles. The number of Topliss-reactive ketones (excluding diaryl/α,β-unsaturated/α-hetero) is 2. The molecule has 2 unspecified atom stereocenters. The van der Waals surface area contributed by atoms with E-state index in [2.05, 4.69) is 13.8 Å². The van der Waals surface area contributed by atoms with Crippen LogP contribution in [0.1, 0.15) is 106 Å². The molecule has 0 aliphatic rings. The average Bonchev–Trinajstić information content (AvgIpc) is 2.90. The van der Waals surface area contributed by atoms with Crippen LogP contribution in [0.15, 0.2) is 0 Å². The molecule has 0 aliphatic carbocycles. The van der Waals surface area contributed by atoms with Crippen molar-refractivity contribution in [2.24, 2.45) is 11.8 Å². The van der Waals surface area contributed by atoms with Gasteiger partial charge in [0.1, 0.15) is 0 Å². The fourth-order valence-corrected chi connectivity index (χ4v) is 7.16. The van der Waals surface area contributed by atoms with Gasteiger partial charge in [0, 0.05) is 11.5 Å². The van der Waals surface area contributed by atoms with Crippen molar-refractivity contribution < 1.29 is 37.8 Å². The number of esters is 2. The van der Waals surface area contributed by atoms with Gasteiger partial charge in [-0.3, -0.25) is 33.7 Å². The number of rotatable bonds is 22. The maximum atomic E-state index is 11.4. The molecule has 0 saturated carbocycles. The standard InChI is InChI=1S/2C10H20O3S.2C4H7O.Sn/c2*1-3-5-6-9(4-2)10(11)13-7-8-14-12;2*1-3-4(2)5;/h2*9,12H,3-8H2,1-2H3;2*1,3H2,2H3;/q;;;;+2/p-2. The van der Waals surface area contributed by atoms with Gasteiger partial charge in [-0.15, -0.1) is 0 Å². The first-order valence-electron chi connectivity index (χ1n) is 14.2. The number of ether oxygens (including phenoxy) is 2. The van der Waals surface area contributed by atoms with Crippen molar-refractivity contribution in [2.75, 3.05) is 24.7 Å². The summed E-state index contributed by atoms with van der Waals surface area (Å²) in [6.07, 6.45) is 9.24. The number of carbonyl (C=O) groups is 4. The van der Waals surface area contributed by atoms with Crippen LogP contribution in [0.5, 0.6) is 0 Å². The van der Waals surface area contributed by atoms with Gasteiger partial charge in [0.25, 0.3) is 0 Å². The normalized spacial score (nSPS) is 11.5. The minimum atomic E-state index is -0.366. The topological polar surface area (TPSA) is 133 Å². The van der Waals surface area contributed by atoms with Crippen molar-refractivity contribution >= 4 is 68.7 Å². The molecule has 0 N–H and O–H groups in total. The van der Waals surface area contributed by atoms with Gasteiger partial charge in [0.05, 0.1) is 25.0 Å². The summed E-state index contributed by atoms with van der Waals surface area (Å²) in [6, 6.07) is 0. The Balaban J connectivity index is -0.000000503. The molecule has 0 amide bonds. The molecule has 11 heteroatoms. The Labute approximate surface area is 256 Å². The molecule has 0 aliphatic heterocycles. The number of carbonyl (C=O) groups excluding carboxylic acids is 4. The van der Waals surface area contributed by atoms with Gasteiger partial charge in [-0.2, -0.15) is 0 Å². The van der Waals surface area contributed by atoms with Crippen LogP contribution in [0.3, 0.4) is 0 Å². The Morgan fingerprint density at radius 3 is 1.31 bits per heavy atom. The third-order valence-corrected chi connectivity index (χ3v) is 9.71. The minimum Gasteiger partial charge on any atom is -0.799 e. The molecule has 39 heavy (non-hydrogen) atoms. The van der Waals surface area contributed by atoms with E-state index in [9.17, 15) is 28.3 Å². The molecule has 0 rings (SSSR count).